The molecule has 1 aliphatic rings. The van der Waals surface area contributed by atoms with Crippen molar-refractivity contribution in [1.82, 2.24) is 25.5 Å². The highest BCUT2D eigenvalue weighted by Crippen LogP contribution is 2.31. The third kappa shape index (κ3) is 4.37. The number of aromatic nitrogens is 4. The van der Waals surface area contributed by atoms with Crippen LogP contribution in [0.4, 0.5) is 0 Å². The molecule has 1 aliphatic carbocycles. The number of benzene rings is 1. The van der Waals surface area contributed by atoms with Crippen molar-refractivity contribution in [2.45, 2.75) is 45.7 Å². The van der Waals surface area contributed by atoms with Crippen LogP contribution in [0.15, 0.2) is 18.2 Å². The van der Waals surface area contributed by atoms with Gasteiger partial charge in [-0.3, -0.25) is 4.79 Å². The van der Waals surface area contributed by atoms with Gasteiger partial charge in [-0.05, 0) is 41.7 Å². The van der Waals surface area contributed by atoms with Crippen LogP contribution in [0.1, 0.15) is 33.1 Å². The maximum absolute atomic E-state index is 12.4. The van der Waals surface area contributed by atoms with Crippen LogP contribution in [0.3, 0.4) is 0 Å². The van der Waals surface area contributed by atoms with E-state index in [1.807, 2.05) is 6.07 Å². The lowest BCUT2D eigenvalue weighted by Gasteiger charge is -2.34. The molecule has 0 spiro atoms. The number of carbonyl (C=O) groups is 1. The number of nitrogens with zero attached hydrogens (tertiary/aromatic N) is 4. The second-order valence-electron chi connectivity index (χ2n) is 7.15. The van der Waals surface area contributed by atoms with Crippen molar-refractivity contribution >= 4 is 5.91 Å². The van der Waals surface area contributed by atoms with Gasteiger partial charge in [0.15, 0.2) is 11.5 Å². The summed E-state index contributed by atoms with van der Waals surface area (Å²) >= 11 is 0. The summed E-state index contributed by atoms with van der Waals surface area (Å²) < 4.78 is 10.5. The van der Waals surface area contributed by atoms with Gasteiger partial charge < -0.3 is 14.8 Å². The van der Waals surface area contributed by atoms with Gasteiger partial charge in [0.25, 0.3) is 0 Å². The highest BCUT2D eigenvalue weighted by atomic mass is 16.5. The van der Waals surface area contributed by atoms with Gasteiger partial charge >= 0.3 is 0 Å². The molecule has 1 fully saturated rings. The molecule has 1 aromatic carbocycles. The van der Waals surface area contributed by atoms with Crippen LogP contribution in [0.25, 0.3) is 11.4 Å². The average molecular weight is 373 g/mol. The van der Waals surface area contributed by atoms with E-state index < -0.39 is 0 Å². The maximum Gasteiger partial charge on any atom is 0.243 e. The molecule has 1 amide bonds. The van der Waals surface area contributed by atoms with Gasteiger partial charge in [0.05, 0.1) is 14.2 Å². The molecule has 1 aromatic heterocycles. The lowest BCUT2D eigenvalue weighted by Crippen LogP contribution is -2.45. The summed E-state index contributed by atoms with van der Waals surface area (Å²) in [5, 5.41) is 15.5. The molecule has 3 rings (SSSR count). The zero-order chi connectivity index (χ0) is 19.4. The van der Waals surface area contributed by atoms with Crippen molar-refractivity contribution in [2.75, 3.05) is 14.2 Å². The molecular weight excluding hydrogens is 346 g/mol. The molecule has 1 N–H and O–H groups in total. The molecule has 0 aliphatic heterocycles. The molecule has 27 heavy (non-hydrogen) atoms. The third-order valence-electron chi connectivity index (χ3n) is 5.43. The lowest BCUT2D eigenvalue weighted by atomic mass is 9.78. The van der Waals surface area contributed by atoms with E-state index >= 15 is 0 Å². The Morgan fingerprint density at radius 3 is 2.74 bits per heavy atom. The first-order chi connectivity index (χ1) is 13.0. The molecule has 0 bridgehead atoms. The molecule has 1 saturated carbocycles. The summed E-state index contributed by atoms with van der Waals surface area (Å²) in [4.78, 5) is 13.7. The third-order valence-corrected chi connectivity index (χ3v) is 5.43. The number of methoxy groups -OCH3 is 2. The van der Waals surface area contributed by atoms with E-state index in [-0.39, 0.29) is 18.5 Å². The van der Waals surface area contributed by atoms with Crippen LogP contribution in [0.5, 0.6) is 11.5 Å². The SMILES string of the molecule is COc1ccc(-c2nnn(CC(=O)N[C@@H]3CCC[C@H](C)[C@@H]3C)n2)cc1OC. The molecule has 1 heterocycles. The van der Waals surface area contributed by atoms with E-state index in [1.54, 1.807) is 26.4 Å². The second-order valence-corrected chi connectivity index (χ2v) is 7.15. The van der Waals surface area contributed by atoms with Gasteiger partial charge in [-0.25, -0.2) is 0 Å². The van der Waals surface area contributed by atoms with Gasteiger partial charge in [-0.2, -0.15) is 4.80 Å². The average Bonchev–Trinajstić information content (AvgIpc) is 3.13. The minimum Gasteiger partial charge on any atom is -0.493 e. The largest absolute Gasteiger partial charge is 0.493 e. The minimum absolute atomic E-state index is 0.0535. The molecule has 0 unspecified atom stereocenters. The topological polar surface area (TPSA) is 91.2 Å². The van der Waals surface area contributed by atoms with Gasteiger partial charge in [0.2, 0.25) is 11.7 Å². The number of carbonyl (C=O) groups excluding carboxylic acids is 1. The summed E-state index contributed by atoms with van der Waals surface area (Å²) in [5.74, 6) is 2.67. The Balaban J connectivity index is 1.65. The van der Waals surface area contributed by atoms with Crippen LogP contribution in [0.2, 0.25) is 0 Å². The van der Waals surface area contributed by atoms with E-state index in [4.69, 9.17) is 9.47 Å². The van der Waals surface area contributed by atoms with E-state index in [2.05, 4.69) is 34.6 Å². The first kappa shape index (κ1) is 19.1. The number of rotatable bonds is 6. The summed E-state index contributed by atoms with van der Waals surface area (Å²) in [6.45, 7) is 4.51. The molecule has 146 valence electrons. The minimum atomic E-state index is -0.0859. The Morgan fingerprint density at radius 1 is 1.22 bits per heavy atom. The number of tetrazole rings is 1. The smallest absolute Gasteiger partial charge is 0.243 e. The molecule has 0 radical (unpaired) electrons. The van der Waals surface area contributed by atoms with E-state index in [0.29, 0.717) is 29.2 Å². The quantitative estimate of drug-likeness (QED) is 0.835. The van der Waals surface area contributed by atoms with Crippen LogP contribution in [0, 0.1) is 11.8 Å². The Morgan fingerprint density at radius 2 is 2.00 bits per heavy atom. The van der Waals surface area contributed by atoms with E-state index in [0.717, 1.165) is 18.4 Å². The summed E-state index contributed by atoms with van der Waals surface area (Å²) in [6.07, 6.45) is 3.41. The molecule has 8 nitrogen and oxygen atoms in total. The zero-order valence-corrected chi connectivity index (χ0v) is 16.3. The van der Waals surface area contributed by atoms with Crippen LogP contribution >= 0.6 is 0 Å². The molecule has 3 atom stereocenters. The molecule has 8 heteroatoms. The van der Waals surface area contributed by atoms with Crippen molar-refractivity contribution in [3.8, 4) is 22.9 Å². The Kier molecular flexibility index (Phi) is 5.93. The molecular formula is C19H27N5O3. The summed E-state index contributed by atoms with van der Waals surface area (Å²) in [7, 11) is 3.15. The van der Waals surface area contributed by atoms with E-state index in [1.165, 1.54) is 11.2 Å². The van der Waals surface area contributed by atoms with Crippen molar-refractivity contribution in [3.05, 3.63) is 18.2 Å². The van der Waals surface area contributed by atoms with Gasteiger partial charge in [-0.1, -0.05) is 26.7 Å². The standard InChI is InChI=1S/C19H27N5O3/c1-12-6-5-7-15(13(12)2)20-18(25)11-24-22-19(21-23-24)14-8-9-16(26-3)17(10-14)27-4/h8-10,12-13,15H,5-7,11H2,1-4H3,(H,20,25)/t12-,13-,15+/m0/s1. The van der Waals surface area contributed by atoms with Gasteiger partial charge in [0.1, 0.15) is 6.54 Å². The van der Waals surface area contributed by atoms with Crippen LogP contribution in [-0.4, -0.2) is 46.4 Å². The van der Waals surface area contributed by atoms with Gasteiger partial charge in [0, 0.05) is 11.6 Å². The molecule has 0 saturated heterocycles. The maximum atomic E-state index is 12.4. The molecule has 2 aromatic rings. The normalized spacial score (nSPS) is 22.3. The van der Waals surface area contributed by atoms with E-state index in [9.17, 15) is 4.79 Å². The lowest BCUT2D eigenvalue weighted by molar-refractivity contribution is -0.123. The highest BCUT2D eigenvalue weighted by Gasteiger charge is 2.28. The van der Waals surface area contributed by atoms with Crippen molar-refractivity contribution in [3.63, 3.8) is 0 Å². The van der Waals surface area contributed by atoms with Crippen LogP contribution in [-0.2, 0) is 11.3 Å². The monoisotopic (exact) mass is 373 g/mol. The Labute approximate surface area is 159 Å². The van der Waals surface area contributed by atoms with Crippen molar-refractivity contribution in [2.24, 2.45) is 11.8 Å². The van der Waals surface area contributed by atoms with Gasteiger partial charge in [-0.15, -0.1) is 10.2 Å². The fourth-order valence-electron chi connectivity index (χ4n) is 3.57. The number of ether oxygens (including phenoxy) is 2. The van der Waals surface area contributed by atoms with Crippen molar-refractivity contribution < 1.29 is 14.3 Å². The number of amides is 1. The van der Waals surface area contributed by atoms with Crippen LogP contribution < -0.4 is 14.8 Å². The zero-order valence-electron chi connectivity index (χ0n) is 16.3. The Hall–Kier alpha value is -2.64. The van der Waals surface area contributed by atoms with Crippen molar-refractivity contribution in [1.29, 1.82) is 0 Å². The summed E-state index contributed by atoms with van der Waals surface area (Å²) in [6, 6.07) is 5.61. The number of hydrogen-bond acceptors (Lipinski definition) is 6. The first-order valence-corrected chi connectivity index (χ1v) is 9.31. The highest BCUT2D eigenvalue weighted by molar-refractivity contribution is 5.76. The first-order valence-electron chi connectivity index (χ1n) is 9.31. The fraction of sp³-hybridized carbons (Fsp3) is 0.579. The fourth-order valence-corrected chi connectivity index (χ4v) is 3.57. The number of hydrogen-bond donors (Lipinski definition) is 1. The summed E-state index contributed by atoms with van der Waals surface area (Å²) in [5.41, 5.74) is 0.744. The number of nitrogens with one attached hydrogen (secondary N) is 1. The second kappa shape index (κ2) is 8.37. The Bertz CT molecular complexity index is 791. The predicted octanol–water partition coefficient (Wildman–Crippen LogP) is 2.30. The predicted molar refractivity (Wildman–Crippen MR) is 100 cm³/mol.